The van der Waals surface area contributed by atoms with Gasteiger partial charge < -0.3 is 5.32 Å². The van der Waals surface area contributed by atoms with Crippen molar-refractivity contribution in [3.63, 3.8) is 0 Å². The van der Waals surface area contributed by atoms with Crippen molar-refractivity contribution in [2.75, 3.05) is 12.3 Å². The molecule has 0 bridgehead atoms. The molecular weight excluding hydrogens is 234 g/mol. The molecule has 16 heavy (non-hydrogen) atoms. The lowest BCUT2D eigenvalue weighted by Gasteiger charge is -2.23. The molecule has 1 nitrogen and oxygen atoms in total. The second kappa shape index (κ2) is 6.67. The van der Waals surface area contributed by atoms with Crippen LogP contribution in [-0.4, -0.2) is 23.6 Å². The van der Waals surface area contributed by atoms with Gasteiger partial charge in [0.05, 0.1) is 0 Å². The van der Waals surface area contributed by atoms with E-state index in [9.17, 15) is 0 Å². The molecule has 3 heteroatoms. The van der Waals surface area contributed by atoms with Crippen LogP contribution in [-0.2, 0) is 6.42 Å². The standard InChI is InChI=1S/C13H21NS2/c1-2-14-12(13-6-4-10-16-13)8-7-11-5-3-9-15-11/h3,5,9,12-14H,2,4,6-8,10H2,1H3. The number of thioether (sulfide) groups is 1. The lowest BCUT2D eigenvalue weighted by Crippen LogP contribution is -2.37. The molecule has 2 rings (SSSR count). The summed E-state index contributed by atoms with van der Waals surface area (Å²) in [6, 6.07) is 5.14. The largest absolute Gasteiger partial charge is 0.313 e. The van der Waals surface area contributed by atoms with Gasteiger partial charge in [-0.2, -0.15) is 11.8 Å². The second-order valence-electron chi connectivity index (χ2n) is 4.33. The molecular formula is C13H21NS2. The highest BCUT2D eigenvalue weighted by atomic mass is 32.2. The summed E-state index contributed by atoms with van der Waals surface area (Å²) in [6.07, 6.45) is 5.36. The van der Waals surface area contributed by atoms with Gasteiger partial charge in [0.15, 0.2) is 0 Å². The molecule has 2 heterocycles. The van der Waals surface area contributed by atoms with Gasteiger partial charge in [-0.05, 0) is 49.4 Å². The Hall–Kier alpha value is 0.01000. The zero-order valence-electron chi connectivity index (χ0n) is 9.95. The minimum atomic E-state index is 0.722. The first-order valence-corrected chi connectivity index (χ1v) is 8.20. The van der Waals surface area contributed by atoms with Crippen LogP contribution in [0.2, 0.25) is 0 Å². The molecule has 1 fully saturated rings. The van der Waals surface area contributed by atoms with Crippen LogP contribution in [0.5, 0.6) is 0 Å². The van der Waals surface area contributed by atoms with Gasteiger partial charge in [-0.3, -0.25) is 0 Å². The van der Waals surface area contributed by atoms with Crippen molar-refractivity contribution in [3.8, 4) is 0 Å². The van der Waals surface area contributed by atoms with E-state index in [0.29, 0.717) is 0 Å². The van der Waals surface area contributed by atoms with Crippen molar-refractivity contribution in [2.45, 2.75) is 43.9 Å². The van der Waals surface area contributed by atoms with E-state index < -0.39 is 0 Å². The molecule has 90 valence electrons. The Labute approximate surface area is 107 Å². The molecule has 1 saturated heterocycles. The zero-order valence-corrected chi connectivity index (χ0v) is 11.6. The zero-order chi connectivity index (χ0) is 11.2. The van der Waals surface area contributed by atoms with Gasteiger partial charge in [0.2, 0.25) is 0 Å². The predicted octanol–water partition coefficient (Wildman–Crippen LogP) is 3.55. The van der Waals surface area contributed by atoms with Crippen LogP contribution in [0.3, 0.4) is 0 Å². The van der Waals surface area contributed by atoms with Crippen molar-refractivity contribution in [1.82, 2.24) is 5.32 Å². The van der Waals surface area contributed by atoms with Gasteiger partial charge in [-0.1, -0.05) is 13.0 Å². The maximum Gasteiger partial charge on any atom is 0.0201 e. The van der Waals surface area contributed by atoms with Gasteiger partial charge >= 0.3 is 0 Å². The number of thiophene rings is 1. The monoisotopic (exact) mass is 255 g/mol. The molecule has 0 radical (unpaired) electrons. The summed E-state index contributed by atoms with van der Waals surface area (Å²) in [6.45, 7) is 3.32. The van der Waals surface area contributed by atoms with Crippen LogP contribution < -0.4 is 5.32 Å². The van der Waals surface area contributed by atoms with Crippen LogP contribution in [0.4, 0.5) is 0 Å². The first kappa shape index (κ1) is 12.5. The van der Waals surface area contributed by atoms with Gasteiger partial charge in [-0.25, -0.2) is 0 Å². The molecule has 0 aliphatic carbocycles. The quantitative estimate of drug-likeness (QED) is 0.834. The van der Waals surface area contributed by atoms with Crippen molar-refractivity contribution in [2.24, 2.45) is 0 Å². The van der Waals surface area contributed by atoms with E-state index >= 15 is 0 Å². The van der Waals surface area contributed by atoms with Gasteiger partial charge in [-0.15, -0.1) is 11.3 Å². The Morgan fingerprint density at radius 3 is 3.12 bits per heavy atom. The number of nitrogens with one attached hydrogen (secondary N) is 1. The van der Waals surface area contributed by atoms with Crippen molar-refractivity contribution >= 4 is 23.1 Å². The molecule has 1 aromatic heterocycles. The van der Waals surface area contributed by atoms with E-state index in [-0.39, 0.29) is 0 Å². The van der Waals surface area contributed by atoms with E-state index in [4.69, 9.17) is 0 Å². The minimum Gasteiger partial charge on any atom is -0.313 e. The number of rotatable bonds is 6. The van der Waals surface area contributed by atoms with Crippen molar-refractivity contribution < 1.29 is 0 Å². The van der Waals surface area contributed by atoms with Gasteiger partial charge in [0.25, 0.3) is 0 Å². The molecule has 1 aliphatic rings. The molecule has 2 atom stereocenters. The Morgan fingerprint density at radius 1 is 1.56 bits per heavy atom. The fraction of sp³-hybridized carbons (Fsp3) is 0.692. The topological polar surface area (TPSA) is 12.0 Å². The maximum absolute atomic E-state index is 3.67. The van der Waals surface area contributed by atoms with Crippen LogP contribution in [0, 0.1) is 0 Å². The average molecular weight is 255 g/mol. The van der Waals surface area contributed by atoms with Crippen molar-refractivity contribution in [3.05, 3.63) is 22.4 Å². The van der Waals surface area contributed by atoms with E-state index in [1.807, 2.05) is 11.3 Å². The number of hydrogen-bond donors (Lipinski definition) is 1. The third kappa shape index (κ3) is 3.51. The summed E-state index contributed by atoms with van der Waals surface area (Å²) in [5.74, 6) is 1.37. The summed E-state index contributed by atoms with van der Waals surface area (Å²) in [7, 11) is 0. The molecule has 1 aliphatic heterocycles. The third-order valence-corrected chi connectivity index (χ3v) is 5.61. The normalized spacial score (nSPS) is 22.4. The number of aryl methyl sites for hydroxylation is 1. The SMILES string of the molecule is CCNC(CCc1cccs1)C1CCCS1. The number of hydrogen-bond acceptors (Lipinski definition) is 3. The Bertz CT molecular complexity index is 278. The summed E-state index contributed by atoms with van der Waals surface area (Å²) in [4.78, 5) is 1.53. The summed E-state index contributed by atoms with van der Waals surface area (Å²) in [5.41, 5.74) is 0. The Kier molecular flexibility index (Phi) is 5.20. The van der Waals surface area contributed by atoms with Crippen LogP contribution in [0.15, 0.2) is 17.5 Å². The van der Waals surface area contributed by atoms with Crippen LogP contribution in [0.1, 0.15) is 31.1 Å². The molecule has 1 N–H and O–H groups in total. The Morgan fingerprint density at radius 2 is 2.50 bits per heavy atom. The van der Waals surface area contributed by atoms with Gasteiger partial charge in [0, 0.05) is 16.2 Å². The fourth-order valence-electron chi connectivity index (χ4n) is 2.35. The van der Waals surface area contributed by atoms with E-state index in [1.54, 1.807) is 0 Å². The van der Waals surface area contributed by atoms with Crippen LogP contribution in [0.25, 0.3) is 0 Å². The highest BCUT2D eigenvalue weighted by molar-refractivity contribution is 8.00. The van der Waals surface area contributed by atoms with E-state index in [1.165, 1.54) is 36.3 Å². The van der Waals surface area contributed by atoms with E-state index in [2.05, 4.69) is 41.5 Å². The molecule has 1 aromatic rings. The molecule has 0 aromatic carbocycles. The van der Waals surface area contributed by atoms with Crippen molar-refractivity contribution in [1.29, 1.82) is 0 Å². The smallest absolute Gasteiger partial charge is 0.0201 e. The molecule has 0 spiro atoms. The first-order chi connectivity index (χ1) is 7.90. The highest BCUT2D eigenvalue weighted by Gasteiger charge is 2.24. The summed E-state index contributed by atoms with van der Waals surface area (Å²) < 4.78 is 0. The molecule has 2 unspecified atom stereocenters. The maximum atomic E-state index is 3.67. The molecule has 0 amide bonds. The predicted molar refractivity (Wildman–Crippen MR) is 75.6 cm³/mol. The highest BCUT2D eigenvalue weighted by Crippen LogP contribution is 2.30. The fourth-order valence-corrected chi connectivity index (χ4v) is 4.51. The van der Waals surface area contributed by atoms with E-state index in [0.717, 1.165) is 17.8 Å². The average Bonchev–Trinajstić information content (AvgIpc) is 2.96. The summed E-state index contributed by atoms with van der Waals surface area (Å²) in [5, 5.41) is 6.71. The molecule has 0 saturated carbocycles. The lowest BCUT2D eigenvalue weighted by molar-refractivity contribution is 0.470. The lowest BCUT2D eigenvalue weighted by atomic mass is 10.0. The van der Waals surface area contributed by atoms with Crippen LogP contribution >= 0.6 is 23.1 Å². The Balaban J connectivity index is 1.82. The first-order valence-electron chi connectivity index (χ1n) is 6.27. The second-order valence-corrected chi connectivity index (χ2v) is 6.71. The minimum absolute atomic E-state index is 0.722. The summed E-state index contributed by atoms with van der Waals surface area (Å²) >= 11 is 4.06. The third-order valence-electron chi connectivity index (χ3n) is 3.16. The van der Waals surface area contributed by atoms with Gasteiger partial charge in [0.1, 0.15) is 0 Å².